The van der Waals surface area contributed by atoms with Crippen molar-refractivity contribution >= 4 is 5.91 Å². The zero-order valence-electron chi connectivity index (χ0n) is 17.4. The molecule has 0 aromatic carbocycles. The second kappa shape index (κ2) is 13.9. The van der Waals surface area contributed by atoms with Crippen LogP contribution in [0.5, 0.6) is 0 Å². The van der Waals surface area contributed by atoms with E-state index in [0.29, 0.717) is 6.17 Å². The molecule has 0 saturated carbocycles. The third-order valence-electron chi connectivity index (χ3n) is 5.51. The number of hydrogen-bond acceptors (Lipinski definition) is 2. The summed E-state index contributed by atoms with van der Waals surface area (Å²) in [5.74, 6) is 0.0578. The van der Waals surface area contributed by atoms with E-state index in [0.717, 1.165) is 24.1 Å². The molecule has 1 amide bonds. The number of carbonyl (C=O) groups is 1. The van der Waals surface area contributed by atoms with Crippen molar-refractivity contribution in [2.24, 2.45) is 0 Å². The molecule has 4 heteroatoms. The number of rotatable bonds is 15. The maximum Gasteiger partial charge on any atom is 0.217 e. The molecule has 1 heterocycles. The summed E-state index contributed by atoms with van der Waals surface area (Å²) in [5, 5.41) is 6.46. The molecule has 2 unspecified atom stereocenters. The smallest absolute Gasteiger partial charge is 0.217 e. The molecule has 0 aromatic heterocycles. The second-order valence-corrected chi connectivity index (χ2v) is 7.58. The maximum atomic E-state index is 11.1. The van der Waals surface area contributed by atoms with Crippen LogP contribution in [0.3, 0.4) is 0 Å². The van der Waals surface area contributed by atoms with E-state index >= 15 is 0 Å². The molecule has 0 bridgehead atoms. The van der Waals surface area contributed by atoms with Gasteiger partial charge in [-0.25, -0.2) is 0 Å². The van der Waals surface area contributed by atoms with Crippen LogP contribution < -0.4 is 10.6 Å². The predicted octanol–water partition coefficient (Wildman–Crippen LogP) is 4.84. The topological polar surface area (TPSA) is 41.1 Å². The first kappa shape index (κ1) is 22.8. The highest BCUT2D eigenvalue weighted by molar-refractivity contribution is 5.72. The van der Waals surface area contributed by atoms with E-state index in [1.54, 1.807) is 6.92 Å². The van der Waals surface area contributed by atoms with E-state index in [9.17, 15) is 4.79 Å². The van der Waals surface area contributed by atoms with Gasteiger partial charge in [-0.2, -0.15) is 0 Å². The van der Waals surface area contributed by atoms with Gasteiger partial charge in [0.2, 0.25) is 5.91 Å². The molecule has 26 heavy (non-hydrogen) atoms. The molecule has 0 spiro atoms. The summed E-state index contributed by atoms with van der Waals surface area (Å²) in [6, 6.07) is 0. The number of quaternary nitrogens is 1. The van der Waals surface area contributed by atoms with Gasteiger partial charge in [0.25, 0.3) is 0 Å². The molecule has 2 N–H and O–H groups in total. The largest absolute Gasteiger partial charge is 0.351 e. The Balaban J connectivity index is 2.16. The van der Waals surface area contributed by atoms with Crippen molar-refractivity contribution in [3.05, 3.63) is 24.6 Å². The predicted molar refractivity (Wildman–Crippen MR) is 111 cm³/mol. The Morgan fingerprint density at radius 1 is 1.08 bits per heavy atom. The van der Waals surface area contributed by atoms with Crippen LogP contribution in [0.1, 0.15) is 85.0 Å². The molecule has 1 aliphatic heterocycles. The van der Waals surface area contributed by atoms with Gasteiger partial charge in [0, 0.05) is 13.3 Å². The molecule has 1 rings (SSSR count). The highest BCUT2D eigenvalue weighted by Gasteiger charge is 2.35. The van der Waals surface area contributed by atoms with Gasteiger partial charge in [0.05, 0.1) is 19.3 Å². The molecular formula is C22H42N3O+. The van der Waals surface area contributed by atoms with Crippen molar-refractivity contribution in [2.75, 3.05) is 19.6 Å². The van der Waals surface area contributed by atoms with Crippen LogP contribution in [0, 0.1) is 0 Å². The molecule has 150 valence electrons. The van der Waals surface area contributed by atoms with E-state index in [-0.39, 0.29) is 5.91 Å². The summed E-state index contributed by atoms with van der Waals surface area (Å²) < 4.78 is 0.932. The van der Waals surface area contributed by atoms with Crippen molar-refractivity contribution in [3.63, 3.8) is 0 Å². The molecule has 4 nitrogen and oxygen atoms in total. The molecular weight excluding hydrogens is 322 g/mol. The van der Waals surface area contributed by atoms with E-state index in [1.807, 2.05) is 0 Å². The highest BCUT2D eigenvalue weighted by Crippen LogP contribution is 2.22. The molecule has 0 saturated heterocycles. The van der Waals surface area contributed by atoms with Gasteiger partial charge in [-0.1, -0.05) is 51.2 Å². The number of likely N-dealkylation sites (N-methyl/N-ethyl adjacent to an activating group) is 1. The van der Waals surface area contributed by atoms with Crippen LogP contribution in [-0.4, -0.2) is 36.2 Å². The van der Waals surface area contributed by atoms with E-state index in [1.165, 1.54) is 64.2 Å². The Bertz CT molecular complexity index is 433. The van der Waals surface area contributed by atoms with E-state index in [4.69, 9.17) is 0 Å². The molecule has 1 aliphatic rings. The minimum atomic E-state index is 0.0578. The summed E-state index contributed by atoms with van der Waals surface area (Å²) >= 11 is 0. The fourth-order valence-corrected chi connectivity index (χ4v) is 3.76. The lowest BCUT2D eigenvalue weighted by molar-refractivity contribution is -0.898. The molecule has 0 radical (unpaired) electrons. The summed E-state index contributed by atoms with van der Waals surface area (Å²) in [7, 11) is 0. The molecule has 0 aromatic rings. The van der Waals surface area contributed by atoms with Crippen LogP contribution in [0.2, 0.25) is 0 Å². The first-order valence-electron chi connectivity index (χ1n) is 10.8. The van der Waals surface area contributed by atoms with Crippen LogP contribution in [0.25, 0.3) is 0 Å². The van der Waals surface area contributed by atoms with Gasteiger partial charge in [-0.3, -0.25) is 9.28 Å². The number of hydrogen-bond donors (Lipinski definition) is 2. The van der Waals surface area contributed by atoms with Crippen LogP contribution >= 0.6 is 0 Å². The average Bonchev–Trinajstić information content (AvgIpc) is 3.02. The monoisotopic (exact) mass is 364 g/mol. The van der Waals surface area contributed by atoms with Crippen molar-refractivity contribution in [1.29, 1.82) is 0 Å². The average molecular weight is 365 g/mol. The number of nitrogens with zero attached hydrogens (tertiary/aromatic N) is 1. The zero-order chi connectivity index (χ0) is 19.1. The lowest BCUT2D eigenvalue weighted by Gasteiger charge is -2.37. The van der Waals surface area contributed by atoms with Gasteiger partial charge in [0.1, 0.15) is 12.7 Å². The summed E-state index contributed by atoms with van der Waals surface area (Å²) in [5.41, 5.74) is 0. The lowest BCUT2D eigenvalue weighted by Crippen LogP contribution is -2.55. The van der Waals surface area contributed by atoms with Gasteiger partial charge < -0.3 is 10.6 Å². The Kier molecular flexibility index (Phi) is 12.1. The van der Waals surface area contributed by atoms with Crippen LogP contribution in [-0.2, 0) is 4.79 Å². The van der Waals surface area contributed by atoms with Crippen molar-refractivity contribution in [2.45, 2.75) is 91.1 Å². The summed E-state index contributed by atoms with van der Waals surface area (Å²) in [4.78, 5) is 11.1. The number of nitrogens with one attached hydrogen (secondary N) is 2. The second-order valence-electron chi connectivity index (χ2n) is 7.58. The minimum absolute atomic E-state index is 0.0578. The Hall–Kier alpha value is -1.29. The molecule has 2 atom stereocenters. The lowest BCUT2D eigenvalue weighted by atomic mass is 10.1. The van der Waals surface area contributed by atoms with Gasteiger partial charge in [0.15, 0.2) is 6.17 Å². The third-order valence-corrected chi connectivity index (χ3v) is 5.51. The number of amides is 1. The summed E-state index contributed by atoms with van der Waals surface area (Å²) in [6.45, 7) is 8.85. The standard InChI is InChI=1S/C22H41N3O/c1-4-6-7-8-9-10-11-12-13-14-15-16-22-24-18-20-25(22,5-2)19-17-23-21(3)26/h12-13,18,20,22,24H,4-11,14-17,19H2,1-3H3/p+1/b13-12+. The number of allylic oxidation sites excluding steroid dienone is 2. The Morgan fingerprint density at radius 3 is 2.46 bits per heavy atom. The number of carbonyl (C=O) groups excluding carboxylic acids is 1. The Labute approximate surface area is 161 Å². The maximum absolute atomic E-state index is 11.1. The first-order valence-corrected chi connectivity index (χ1v) is 10.8. The van der Waals surface area contributed by atoms with Crippen molar-refractivity contribution in [3.8, 4) is 0 Å². The molecule has 0 aliphatic carbocycles. The first-order chi connectivity index (χ1) is 12.6. The molecule has 0 fully saturated rings. The number of unbranched alkanes of at least 4 members (excludes halogenated alkanes) is 7. The van der Waals surface area contributed by atoms with Gasteiger partial charge >= 0.3 is 0 Å². The zero-order valence-corrected chi connectivity index (χ0v) is 17.4. The quantitative estimate of drug-likeness (QED) is 0.248. The Morgan fingerprint density at radius 2 is 1.77 bits per heavy atom. The van der Waals surface area contributed by atoms with Gasteiger partial charge in [-0.15, -0.1) is 0 Å². The van der Waals surface area contributed by atoms with E-state index in [2.05, 4.69) is 49.0 Å². The van der Waals surface area contributed by atoms with E-state index < -0.39 is 0 Å². The minimum Gasteiger partial charge on any atom is -0.351 e. The van der Waals surface area contributed by atoms with Crippen molar-refractivity contribution < 1.29 is 9.28 Å². The van der Waals surface area contributed by atoms with Crippen molar-refractivity contribution in [1.82, 2.24) is 10.6 Å². The summed E-state index contributed by atoms with van der Waals surface area (Å²) in [6.07, 6.45) is 22.6. The van der Waals surface area contributed by atoms with Crippen LogP contribution in [0.4, 0.5) is 0 Å². The van der Waals surface area contributed by atoms with Crippen LogP contribution in [0.15, 0.2) is 24.6 Å². The fraction of sp³-hybridized carbons (Fsp3) is 0.773. The third kappa shape index (κ3) is 8.88. The highest BCUT2D eigenvalue weighted by atomic mass is 16.1. The fourth-order valence-electron chi connectivity index (χ4n) is 3.76. The normalized spacial score (nSPS) is 22.0. The van der Waals surface area contributed by atoms with Gasteiger partial charge in [-0.05, 0) is 32.6 Å². The SMILES string of the molecule is CCCCCCCC/C=C/CCCC1NC=C[N+]1(CC)CCNC(C)=O.